The SMILES string of the molecule is CCOC(=O)C1(C(=O)OCC)C[C@@H]2CCCO[C@@H]2N1c1ccc(OC)cc1. The molecule has 148 valence electrons. The molecule has 2 heterocycles. The van der Waals surface area contributed by atoms with Crippen LogP contribution in [0.3, 0.4) is 0 Å². The molecule has 0 spiro atoms. The number of carbonyl (C=O) groups is 2. The second kappa shape index (κ2) is 8.17. The van der Waals surface area contributed by atoms with Gasteiger partial charge < -0.3 is 23.8 Å². The Kier molecular flexibility index (Phi) is 5.89. The lowest BCUT2D eigenvalue weighted by molar-refractivity contribution is -0.164. The van der Waals surface area contributed by atoms with Crippen molar-refractivity contribution in [3.8, 4) is 5.75 Å². The number of anilines is 1. The topological polar surface area (TPSA) is 74.3 Å². The number of ether oxygens (including phenoxy) is 4. The van der Waals surface area contributed by atoms with Gasteiger partial charge in [-0.3, -0.25) is 0 Å². The fourth-order valence-corrected chi connectivity index (χ4v) is 4.07. The first kappa shape index (κ1) is 19.5. The van der Waals surface area contributed by atoms with Gasteiger partial charge in [-0.1, -0.05) is 0 Å². The summed E-state index contributed by atoms with van der Waals surface area (Å²) < 4.78 is 21.9. The molecule has 0 radical (unpaired) electrons. The van der Waals surface area contributed by atoms with Gasteiger partial charge in [0.25, 0.3) is 0 Å². The molecule has 0 bridgehead atoms. The maximum absolute atomic E-state index is 13.1. The maximum atomic E-state index is 13.1. The van der Waals surface area contributed by atoms with E-state index in [0.29, 0.717) is 24.5 Å². The standard InChI is InChI=1S/C20H27NO6/c1-4-25-18(22)20(19(23)26-5-2)13-14-7-6-12-27-17(14)21(20)15-8-10-16(24-3)11-9-15/h8-11,14,17H,4-7,12-13H2,1-3H3/t14-,17-/m0/s1. The summed E-state index contributed by atoms with van der Waals surface area (Å²) in [6.45, 7) is 4.43. The third kappa shape index (κ3) is 3.36. The highest BCUT2D eigenvalue weighted by molar-refractivity contribution is 6.09. The van der Waals surface area contributed by atoms with Crippen LogP contribution >= 0.6 is 0 Å². The van der Waals surface area contributed by atoms with E-state index in [2.05, 4.69) is 0 Å². The Morgan fingerprint density at radius 1 is 1.15 bits per heavy atom. The average molecular weight is 377 g/mol. The quantitative estimate of drug-likeness (QED) is 0.557. The van der Waals surface area contributed by atoms with E-state index in [1.165, 1.54) is 0 Å². The van der Waals surface area contributed by atoms with Crippen LogP contribution in [0.15, 0.2) is 24.3 Å². The van der Waals surface area contributed by atoms with Gasteiger partial charge in [-0.2, -0.15) is 0 Å². The fourth-order valence-electron chi connectivity index (χ4n) is 4.07. The van der Waals surface area contributed by atoms with E-state index in [9.17, 15) is 9.59 Å². The molecule has 0 saturated carbocycles. The van der Waals surface area contributed by atoms with Crippen LogP contribution in [0.5, 0.6) is 5.75 Å². The first-order chi connectivity index (χ1) is 13.1. The van der Waals surface area contributed by atoms with Crippen LogP contribution in [0, 0.1) is 5.92 Å². The molecular weight excluding hydrogens is 350 g/mol. The molecule has 0 aromatic heterocycles. The Hall–Kier alpha value is -2.28. The van der Waals surface area contributed by atoms with E-state index >= 15 is 0 Å². The highest BCUT2D eigenvalue weighted by atomic mass is 16.6. The number of nitrogens with zero attached hydrogens (tertiary/aromatic N) is 1. The molecule has 1 aromatic rings. The minimum Gasteiger partial charge on any atom is -0.497 e. The van der Waals surface area contributed by atoms with Gasteiger partial charge in [0, 0.05) is 18.2 Å². The lowest BCUT2D eigenvalue weighted by Gasteiger charge is -2.39. The second-order valence-corrected chi connectivity index (χ2v) is 6.74. The van der Waals surface area contributed by atoms with Crippen molar-refractivity contribution in [1.82, 2.24) is 0 Å². The van der Waals surface area contributed by atoms with Crippen LogP contribution in [0.25, 0.3) is 0 Å². The molecule has 2 aliphatic heterocycles. The number of hydrogen-bond acceptors (Lipinski definition) is 7. The Morgan fingerprint density at radius 3 is 2.33 bits per heavy atom. The molecular formula is C20H27NO6. The molecule has 3 rings (SSSR count). The number of benzene rings is 1. The smallest absolute Gasteiger partial charge is 0.343 e. The first-order valence-corrected chi connectivity index (χ1v) is 9.47. The number of esters is 2. The van der Waals surface area contributed by atoms with Gasteiger partial charge in [0.15, 0.2) is 0 Å². The first-order valence-electron chi connectivity index (χ1n) is 9.47. The lowest BCUT2D eigenvalue weighted by atomic mass is 9.89. The summed E-state index contributed by atoms with van der Waals surface area (Å²) in [4.78, 5) is 27.9. The molecule has 0 amide bonds. The van der Waals surface area contributed by atoms with Crippen molar-refractivity contribution < 1.29 is 28.5 Å². The predicted molar refractivity (Wildman–Crippen MR) is 98.6 cm³/mol. The summed E-state index contributed by atoms with van der Waals surface area (Å²) in [5, 5.41) is 0. The Morgan fingerprint density at radius 2 is 1.78 bits per heavy atom. The normalized spacial score (nSPS) is 23.4. The molecule has 2 aliphatic rings. The lowest BCUT2D eigenvalue weighted by Crippen LogP contribution is -2.60. The van der Waals surface area contributed by atoms with Crippen LogP contribution in [0.4, 0.5) is 5.69 Å². The largest absolute Gasteiger partial charge is 0.497 e. The summed E-state index contributed by atoms with van der Waals surface area (Å²) >= 11 is 0. The van der Waals surface area contributed by atoms with Gasteiger partial charge in [0.2, 0.25) is 5.54 Å². The van der Waals surface area contributed by atoms with Crippen LogP contribution < -0.4 is 9.64 Å². The number of rotatable bonds is 6. The van der Waals surface area contributed by atoms with Gasteiger partial charge in [-0.05, 0) is 57.4 Å². The Bertz CT molecular complexity index is 656. The molecule has 2 atom stereocenters. The Labute approximate surface area is 159 Å². The van der Waals surface area contributed by atoms with Crippen molar-refractivity contribution in [3.63, 3.8) is 0 Å². The van der Waals surface area contributed by atoms with E-state index in [-0.39, 0.29) is 25.4 Å². The molecule has 0 unspecified atom stereocenters. The molecule has 1 aromatic carbocycles. The second-order valence-electron chi connectivity index (χ2n) is 6.74. The molecule has 2 saturated heterocycles. The van der Waals surface area contributed by atoms with Gasteiger partial charge in [0.05, 0.1) is 20.3 Å². The monoisotopic (exact) mass is 377 g/mol. The van der Waals surface area contributed by atoms with Crippen LogP contribution in [-0.4, -0.2) is 50.6 Å². The van der Waals surface area contributed by atoms with Crippen molar-refractivity contribution in [2.24, 2.45) is 5.92 Å². The van der Waals surface area contributed by atoms with Crippen LogP contribution in [0.1, 0.15) is 33.1 Å². The third-order valence-electron chi connectivity index (χ3n) is 5.21. The zero-order valence-electron chi connectivity index (χ0n) is 16.1. The number of fused-ring (bicyclic) bond motifs is 1. The summed E-state index contributed by atoms with van der Waals surface area (Å²) in [5.41, 5.74) is -0.841. The van der Waals surface area contributed by atoms with E-state index in [1.807, 2.05) is 12.1 Å². The highest BCUT2D eigenvalue weighted by Crippen LogP contribution is 2.47. The predicted octanol–water partition coefficient (Wildman–Crippen LogP) is 2.52. The molecule has 0 aliphatic carbocycles. The molecule has 2 fully saturated rings. The zero-order valence-corrected chi connectivity index (χ0v) is 16.1. The van der Waals surface area contributed by atoms with Crippen molar-refractivity contribution in [3.05, 3.63) is 24.3 Å². The zero-order chi connectivity index (χ0) is 19.4. The molecule has 27 heavy (non-hydrogen) atoms. The fraction of sp³-hybridized carbons (Fsp3) is 0.600. The van der Waals surface area contributed by atoms with Gasteiger partial charge >= 0.3 is 11.9 Å². The summed E-state index contributed by atoms with van der Waals surface area (Å²) in [6, 6.07) is 7.25. The summed E-state index contributed by atoms with van der Waals surface area (Å²) in [7, 11) is 1.59. The molecule has 0 N–H and O–H groups in total. The van der Waals surface area contributed by atoms with E-state index in [1.54, 1.807) is 38.0 Å². The minimum atomic E-state index is -1.54. The number of methoxy groups -OCH3 is 1. The minimum absolute atomic E-state index is 0.0506. The molecule has 7 nitrogen and oxygen atoms in total. The average Bonchev–Trinajstić information content (AvgIpc) is 3.05. The van der Waals surface area contributed by atoms with E-state index in [0.717, 1.165) is 12.8 Å². The van der Waals surface area contributed by atoms with Crippen molar-refractivity contribution in [2.75, 3.05) is 31.8 Å². The number of hydrogen-bond donors (Lipinski definition) is 0. The van der Waals surface area contributed by atoms with Crippen LogP contribution in [0.2, 0.25) is 0 Å². The number of carbonyl (C=O) groups excluding carboxylic acids is 2. The van der Waals surface area contributed by atoms with Crippen molar-refractivity contribution in [1.29, 1.82) is 0 Å². The van der Waals surface area contributed by atoms with Gasteiger partial charge in [-0.25, -0.2) is 9.59 Å². The van der Waals surface area contributed by atoms with E-state index in [4.69, 9.17) is 18.9 Å². The summed E-state index contributed by atoms with van der Waals surface area (Å²) in [5.74, 6) is -0.430. The van der Waals surface area contributed by atoms with Crippen molar-refractivity contribution >= 4 is 17.6 Å². The third-order valence-corrected chi connectivity index (χ3v) is 5.21. The van der Waals surface area contributed by atoms with Gasteiger partial charge in [-0.15, -0.1) is 0 Å². The summed E-state index contributed by atoms with van der Waals surface area (Å²) in [6.07, 6.45) is 1.74. The maximum Gasteiger partial charge on any atom is 0.343 e. The highest BCUT2D eigenvalue weighted by Gasteiger charge is 2.64. The van der Waals surface area contributed by atoms with Crippen molar-refractivity contribution in [2.45, 2.75) is 44.9 Å². The molecule has 7 heteroatoms. The van der Waals surface area contributed by atoms with E-state index < -0.39 is 17.5 Å². The Balaban J connectivity index is 2.10. The van der Waals surface area contributed by atoms with Crippen LogP contribution in [-0.2, 0) is 23.8 Å². The van der Waals surface area contributed by atoms with Gasteiger partial charge in [0.1, 0.15) is 12.0 Å².